The van der Waals surface area contributed by atoms with Crippen LogP contribution in [0, 0.1) is 12.8 Å². The second kappa shape index (κ2) is 10.7. The van der Waals surface area contributed by atoms with Crippen LogP contribution in [0.5, 0.6) is 0 Å². The number of hydrogen-bond donors (Lipinski definition) is 1. The molecule has 2 N–H and O–H groups in total. The maximum atomic E-state index is 12.6. The second-order valence-corrected chi connectivity index (χ2v) is 6.99. The maximum Gasteiger partial charge on any atom is 0.223 e. The Morgan fingerprint density at radius 2 is 2.00 bits per heavy atom. The first-order valence-electron chi connectivity index (χ1n) is 9.09. The number of carbonyl (C=O) groups is 1. The summed E-state index contributed by atoms with van der Waals surface area (Å²) in [4.78, 5) is 19.1. The Hall–Kier alpha value is -1.56. The van der Waals surface area contributed by atoms with E-state index in [0.29, 0.717) is 31.2 Å². The van der Waals surface area contributed by atoms with Gasteiger partial charge in [-0.2, -0.15) is 0 Å². The number of aromatic nitrogens is 1. The lowest BCUT2D eigenvalue weighted by Crippen LogP contribution is -2.49. The van der Waals surface area contributed by atoms with E-state index < -0.39 is 0 Å². The van der Waals surface area contributed by atoms with E-state index in [4.69, 9.17) is 10.2 Å². The predicted molar refractivity (Wildman–Crippen MR) is 112 cm³/mol. The fourth-order valence-corrected chi connectivity index (χ4v) is 3.58. The molecular formula is C20H29Cl2N3O2. The summed E-state index contributed by atoms with van der Waals surface area (Å²) in [6.07, 6.45) is 2.99. The summed E-state index contributed by atoms with van der Waals surface area (Å²) in [5.74, 6) is 2.20. The van der Waals surface area contributed by atoms with Crippen molar-refractivity contribution >= 4 is 30.7 Å². The molecule has 7 heteroatoms. The van der Waals surface area contributed by atoms with E-state index in [1.165, 1.54) is 0 Å². The number of oxazole rings is 1. The summed E-state index contributed by atoms with van der Waals surface area (Å²) in [6, 6.07) is 10.1. The van der Waals surface area contributed by atoms with Gasteiger partial charge in [-0.1, -0.05) is 37.3 Å². The highest BCUT2D eigenvalue weighted by Crippen LogP contribution is 2.26. The van der Waals surface area contributed by atoms with Gasteiger partial charge >= 0.3 is 0 Å². The Kier molecular flexibility index (Phi) is 9.30. The van der Waals surface area contributed by atoms with Gasteiger partial charge in [0.05, 0.1) is 5.69 Å². The molecule has 2 unspecified atom stereocenters. The molecule has 1 aliphatic heterocycles. The minimum atomic E-state index is 0. The third kappa shape index (κ3) is 5.71. The Labute approximate surface area is 173 Å². The third-order valence-electron chi connectivity index (χ3n) is 5.00. The molecule has 1 fully saturated rings. The van der Waals surface area contributed by atoms with Gasteiger partial charge in [-0.05, 0) is 25.7 Å². The summed E-state index contributed by atoms with van der Waals surface area (Å²) < 4.78 is 5.90. The first-order valence-corrected chi connectivity index (χ1v) is 9.09. The Morgan fingerprint density at radius 1 is 1.30 bits per heavy atom. The molecule has 5 nitrogen and oxygen atoms in total. The van der Waals surface area contributed by atoms with Crippen molar-refractivity contribution in [2.45, 2.75) is 45.6 Å². The molecule has 3 rings (SSSR count). The number of amides is 1. The topological polar surface area (TPSA) is 72.4 Å². The minimum absolute atomic E-state index is 0. The van der Waals surface area contributed by atoms with E-state index >= 15 is 0 Å². The standard InChI is InChI=1S/C20H27N3O2.2ClH/c1-14-10-11-23(17(12-14)13-21)19(24)9-8-18-22-15(2)20(25-18)16-6-4-3-5-7-16;;/h3-7,14,17H,8-13,21H2,1-2H3;2*1H. The van der Waals surface area contributed by atoms with Crippen molar-refractivity contribution < 1.29 is 9.21 Å². The molecule has 0 aliphatic carbocycles. The average Bonchev–Trinajstić information content (AvgIpc) is 3.01. The largest absolute Gasteiger partial charge is 0.440 e. The molecule has 1 saturated heterocycles. The highest BCUT2D eigenvalue weighted by Gasteiger charge is 2.28. The van der Waals surface area contributed by atoms with E-state index in [2.05, 4.69) is 11.9 Å². The first-order chi connectivity index (χ1) is 12.1. The number of carbonyl (C=O) groups excluding carboxylic acids is 1. The number of hydrogen-bond acceptors (Lipinski definition) is 4. The number of likely N-dealkylation sites (tertiary alicyclic amines) is 1. The van der Waals surface area contributed by atoms with Gasteiger partial charge in [0.2, 0.25) is 5.91 Å². The summed E-state index contributed by atoms with van der Waals surface area (Å²) in [5, 5.41) is 0. The minimum Gasteiger partial charge on any atom is -0.440 e. The first kappa shape index (κ1) is 23.5. The average molecular weight is 414 g/mol. The van der Waals surface area contributed by atoms with Crippen LogP contribution >= 0.6 is 24.8 Å². The van der Waals surface area contributed by atoms with Crippen molar-refractivity contribution in [3.8, 4) is 11.3 Å². The van der Waals surface area contributed by atoms with Crippen LogP contribution in [0.15, 0.2) is 34.7 Å². The number of halogens is 2. The van der Waals surface area contributed by atoms with Crippen LogP contribution in [0.1, 0.15) is 37.8 Å². The lowest BCUT2D eigenvalue weighted by molar-refractivity contribution is -0.135. The van der Waals surface area contributed by atoms with Crippen molar-refractivity contribution in [2.24, 2.45) is 11.7 Å². The van der Waals surface area contributed by atoms with E-state index in [-0.39, 0.29) is 36.8 Å². The molecule has 2 atom stereocenters. The highest BCUT2D eigenvalue weighted by atomic mass is 35.5. The van der Waals surface area contributed by atoms with Gasteiger partial charge in [-0.25, -0.2) is 4.98 Å². The molecule has 0 radical (unpaired) electrons. The number of nitrogens with zero attached hydrogens (tertiary/aromatic N) is 2. The molecule has 1 aromatic heterocycles. The molecule has 1 aromatic carbocycles. The van der Waals surface area contributed by atoms with E-state index in [9.17, 15) is 4.79 Å². The van der Waals surface area contributed by atoms with E-state index in [1.54, 1.807) is 0 Å². The number of benzene rings is 1. The molecule has 1 amide bonds. The zero-order valence-corrected chi connectivity index (χ0v) is 17.5. The van der Waals surface area contributed by atoms with Crippen molar-refractivity contribution in [3.63, 3.8) is 0 Å². The van der Waals surface area contributed by atoms with Gasteiger partial charge in [0.25, 0.3) is 0 Å². The molecule has 0 spiro atoms. The van der Waals surface area contributed by atoms with Crippen molar-refractivity contribution in [2.75, 3.05) is 13.1 Å². The van der Waals surface area contributed by atoms with Gasteiger partial charge in [-0.15, -0.1) is 24.8 Å². The molecule has 1 aliphatic rings. The molecule has 0 saturated carbocycles. The van der Waals surface area contributed by atoms with Crippen LogP contribution < -0.4 is 5.73 Å². The van der Waals surface area contributed by atoms with E-state index in [1.807, 2.05) is 42.2 Å². The number of rotatable bonds is 5. The smallest absolute Gasteiger partial charge is 0.223 e. The summed E-state index contributed by atoms with van der Waals surface area (Å²) in [6.45, 7) is 5.51. The van der Waals surface area contributed by atoms with Crippen LogP contribution in [0.25, 0.3) is 11.3 Å². The lowest BCUT2D eigenvalue weighted by Gasteiger charge is -2.38. The molecular weight excluding hydrogens is 385 g/mol. The predicted octanol–water partition coefficient (Wildman–Crippen LogP) is 4.01. The van der Waals surface area contributed by atoms with Crippen LogP contribution in [-0.4, -0.2) is 34.9 Å². The van der Waals surface area contributed by atoms with Gasteiger partial charge in [0, 0.05) is 37.5 Å². The normalized spacial score (nSPS) is 19.1. The molecule has 27 heavy (non-hydrogen) atoms. The third-order valence-corrected chi connectivity index (χ3v) is 5.00. The van der Waals surface area contributed by atoms with Crippen molar-refractivity contribution in [1.29, 1.82) is 0 Å². The second-order valence-electron chi connectivity index (χ2n) is 6.99. The van der Waals surface area contributed by atoms with Crippen LogP contribution in [0.3, 0.4) is 0 Å². The number of piperidine rings is 1. The molecule has 2 heterocycles. The van der Waals surface area contributed by atoms with Crippen LogP contribution in [0.2, 0.25) is 0 Å². The fraction of sp³-hybridized carbons (Fsp3) is 0.500. The fourth-order valence-electron chi connectivity index (χ4n) is 3.58. The maximum absolute atomic E-state index is 12.6. The van der Waals surface area contributed by atoms with Crippen LogP contribution in [-0.2, 0) is 11.2 Å². The quantitative estimate of drug-likeness (QED) is 0.803. The summed E-state index contributed by atoms with van der Waals surface area (Å²) >= 11 is 0. The van der Waals surface area contributed by atoms with Gasteiger partial charge in [0.1, 0.15) is 0 Å². The highest BCUT2D eigenvalue weighted by molar-refractivity contribution is 5.85. The van der Waals surface area contributed by atoms with Gasteiger partial charge in [-0.3, -0.25) is 4.79 Å². The summed E-state index contributed by atoms with van der Waals surface area (Å²) in [5.41, 5.74) is 7.74. The molecule has 150 valence electrons. The van der Waals surface area contributed by atoms with Crippen molar-refractivity contribution in [3.05, 3.63) is 41.9 Å². The number of aryl methyl sites for hydroxylation is 2. The van der Waals surface area contributed by atoms with Gasteiger partial charge in [0.15, 0.2) is 11.7 Å². The monoisotopic (exact) mass is 413 g/mol. The number of nitrogens with two attached hydrogens (primary N) is 1. The van der Waals surface area contributed by atoms with Crippen molar-refractivity contribution in [1.82, 2.24) is 9.88 Å². The summed E-state index contributed by atoms with van der Waals surface area (Å²) in [7, 11) is 0. The lowest BCUT2D eigenvalue weighted by atomic mass is 9.92. The Bertz CT molecular complexity index is 721. The Morgan fingerprint density at radius 3 is 2.67 bits per heavy atom. The molecule has 0 bridgehead atoms. The van der Waals surface area contributed by atoms with Gasteiger partial charge < -0.3 is 15.1 Å². The molecule has 2 aromatic rings. The van der Waals surface area contributed by atoms with E-state index in [0.717, 1.165) is 36.4 Å². The Balaban J connectivity index is 0.00000182. The van der Waals surface area contributed by atoms with Crippen LogP contribution in [0.4, 0.5) is 0 Å². The SMILES string of the molecule is Cc1nc(CCC(=O)N2CCC(C)CC2CN)oc1-c1ccccc1.Cl.Cl. The zero-order chi connectivity index (χ0) is 17.8. The zero-order valence-electron chi connectivity index (χ0n) is 15.9.